The number of nitrogens with zero attached hydrogens (tertiary/aromatic N) is 3. The molecule has 0 unspecified atom stereocenters. The van der Waals surface area contributed by atoms with Crippen LogP contribution in [0.3, 0.4) is 0 Å². The van der Waals surface area contributed by atoms with Crippen LogP contribution in [0.4, 0.5) is 0 Å². The van der Waals surface area contributed by atoms with Gasteiger partial charge < -0.3 is 15.1 Å². The number of carbonyl (C=O) groups excluding carboxylic acids is 1. The fraction of sp³-hybridized carbons (Fsp3) is 0.600. The predicted molar refractivity (Wildman–Crippen MR) is 104 cm³/mol. The molecule has 1 aromatic rings. The largest absolute Gasteiger partial charge is 0.356 e. The van der Waals surface area contributed by atoms with Gasteiger partial charge in [-0.25, -0.2) is 4.99 Å². The number of likely N-dealkylation sites (N-methyl/N-ethyl adjacent to an activating group) is 1. The second-order valence-electron chi connectivity index (χ2n) is 8.12. The van der Waals surface area contributed by atoms with Crippen LogP contribution in [0.25, 0.3) is 0 Å². The molecular weight excluding hydrogens is 312 g/mol. The van der Waals surface area contributed by atoms with Gasteiger partial charge in [0.05, 0.1) is 0 Å². The van der Waals surface area contributed by atoms with Crippen LogP contribution in [-0.4, -0.2) is 60.9 Å². The van der Waals surface area contributed by atoms with Crippen molar-refractivity contribution in [1.82, 2.24) is 15.1 Å². The molecule has 1 N–H and O–H groups in total. The molecule has 1 saturated heterocycles. The number of hydrogen-bond acceptors (Lipinski definition) is 2. The molecule has 1 fully saturated rings. The van der Waals surface area contributed by atoms with Crippen molar-refractivity contribution >= 4 is 11.9 Å². The van der Waals surface area contributed by atoms with Gasteiger partial charge >= 0.3 is 0 Å². The van der Waals surface area contributed by atoms with E-state index < -0.39 is 0 Å². The van der Waals surface area contributed by atoms with Crippen LogP contribution in [0.15, 0.2) is 35.3 Å². The lowest BCUT2D eigenvalue weighted by molar-refractivity contribution is -0.127. The van der Waals surface area contributed by atoms with Gasteiger partial charge in [-0.1, -0.05) is 44.2 Å². The minimum atomic E-state index is 0.00669. The van der Waals surface area contributed by atoms with Crippen molar-refractivity contribution < 1.29 is 4.79 Å². The number of rotatable bonds is 5. The first-order valence-corrected chi connectivity index (χ1v) is 8.95. The van der Waals surface area contributed by atoms with E-state index in [1.807, 2.05) is 6.07 Å². The number of guanidine groups is 1. The van der Waals surface area contributed by atoms with Crippen LogP contribution in [0.2, 0.25) is 0 Å². The Morgan fingerprint density at radius 1 is 1.20 bits per heavy atom. The van der Waals surface area contributed by atoms with Crippen LogP contribution in [0.1, 0.15) is 33.3 Å². The molecule has 0 aliphatic carbocycles. The molecule has 2 rings (SSSR count). The average molecular weight is 345 g/mol. The topological polar surface area (TPSA) is 47.9 Å². The zero-order chi connectivity index (χ0) is 18.7. The van der Waals surface area contributed by atoms with Gasteiger partial charge in [-0.15, -0.1) is 0 Å². The van der Waals surface area contributed by atoms with Crippen molar-refractivity contribution in [2.24, 2.45) is 10.4 Å². The van der Waals surface area contributed by atoms with Gasteiger partial charge in [0.1, 0.15) is 6.54 Å². The Hall–Kier alpha value is -2.04. The molecule has 0 aromatic heterocycles. The van der Waals surface area contributed by atoms with Gasteiger partial charge in [0.25, 0.3) is 0 Å². The van der Waals surface area contributed by atoms with Gasteiger partial charge in [-0.3, -0.25) is 4.79 Å². The molecule has 0 atom stereocenters. The Labute approximate surface area is 152 Å². The third-order valence-corrected chi connectivity index (χ3v) is 5.54. The van der Waals surface area contributed by atoms with Crippen LogP contribution in [-0.2, 0) is 11.2 Å². The quantitative estimate of drug-likeness (QED) is 0.659. The predicted octanol–water partition coefficient (Wildman–Crippen LogP) is 2.38. The van der Waals surface area contributed by atoms with Crippen molar-refractivity contribution in [3.05, 3.63) is 35.9 Å². The zero-order valence-electron chi connectivity index (χ0n) is 16.5. The van der Waals surface area contributed by atoms with Gasteiger partial charge in [0, 0.05) is 38.1 Å². The summed E-state index contributed by atoms with van der Waals surface area (Å²) >= 11 is 0. The molecule has 1 aromatic carbocycles. The summed E-state index contributed by atoms with van der Waals surface area (Å²) in [7, 11) is 3.52. The lowest BCUT2D eigenvalue weighted by atomic mass is 9.65. The summed E-state index contributed by atoms with van der Waals surface area (Å²) in [6.07, 6.45) is 0.930. The fourth-order valence-electron chi connectivity index (χ4n) is 2.88. The molecule has 0 saturated carbocycles. The van der Waals surface area contributed by atoms with Crippen LogP contribution >= 0.6 is 0 Å². The van der Waals surface area contributed by atoms with Gasteiger partial charge in [0.2, 0.25) is 5.91 Å². The zero-order valence-corrected chi connectivity index (χ0v) is 16.5. The van der Waals surface area contributed by atoms with E-state index >= 15 is 0 Å². The Kier molecular flexibility index (Phi) is 5.76. The first kappa shape index (κ1) is 19.3. The number of aliphatic imine (C=N–C) groups is 1. The third-order valence-electron chi connectivity index (χ3n) is 5.54. The van der Waals surface area contributed by atoms with Gasteiger partial charge in [-0.2, -0.15) is 0 Å². The second-order valence-corrected chi connectivity index (χ2v) is 8.12. The Bertz CT molecular complexity index is 620. The summed E-state index contributed by atoms with van der Waals surface area (Å²) in [5, 5.41) is 3.46. The van der Waals surface area contributed by atoms with E-state index in [1.54, 1.807) is 19.0 Å². The van der Waals surface area contributed by atoms with Gasteiger partial charge in [-0.05, 0) is 25.8 Å². The normalized spacial score (nSPS) is 18.5. The molecule has 5 nitrogen and oxygen atoms in total. The molecule has 0 spiro atoms. The van der Waals surface area contributed by atoms with Crippen LogP contribution in [0.5, 0.6) is 0 Å². The smallest absolute Gasteiger partial charge is 0.243 e. The molecule has 1 aliphatic rings. The molecule has 5 heteroatoms. The highest BCUT2D eigenvalue weighted by atomic mass is 16.2. The van der Waals surface area contributed by atoms with E-state index in [9.17, 15) is 4.79 Å². The molecule has 0 bridgehead atoms. The summed E-state index contributed by atoms with van der Waals surface area (Å²) in [5.74, 6) is 0.843. The van der Waals surface area contributed by atoms with Crippen molar-refractivity contribution in [2.75, 3.05) is 33.7 Å². The van der Waals surface area contributed by atoms with E-state index in [1.165, 1.54) is 5.56 Å². The van der Waals surface area contributed by atoms with E-state index in [-0.39, 0.29) is 23.4 Å². The number of amides is 1. The number of likely N-dealkylation sites (tertiary alicyclic amines) is 1. The van der Waals surface area contributed by atoms with E-state index in [4.69, 9.17) is 0 Å². The van der Waals surface area contributed by atoms with Crippen LogP contribution < -0.4 is 5.32 Å². The lowest BCUT2D eigenvalue weighted by Gasteiger charge is -2.62. The van der Waals surface area contributed by atoms with Crippen LogP contribution in [0, 0.1) is 5.41 Å². The third kappa shape index (κ3) is 4.33. The highest BCUT2D eigenvalue weighted by Crippen LogP contribution is 2.46. The van der Waals surface area contributed by atoms with Crippen molar-refractivity contribution in [2.45, 2.75) is 39.7 Å². The molecule has 1 amide bonds. The van der Waals surface area contributed by atoms with Crippen molar-refractivity contribution in [1.29, 1.82) is 0 Å². The molecular formula is C20H32N4O. The molecule has 138 valence electrons. The maximum Gasteiger partial charge on any atom is 0.243 e. The number of benzene rings is 1. The SMILES string of the molecule is CN(C)C(=O)CN=C(NCCc1ccccc1)N1CC(C)(C)C1(C)C. The molecule has 1 aliphatic heterocycles. The van der Waals surface area contributed by atoms with E-state index in [2.05, 4.69) is 67.2 Å². The minimum absolute atomic E-state index is 0.00669. The Morgan fingerprint density at radius 3 is 2.36 bits per heavy atom. The minimum Gasteiger partial charge on any atom is -0.356 e. The highest BCUT2D eigenvalue weighted by Gasteiger charge is 2.53. The average Bonchev–Trinajstić information content (AvgIpc) is 2.56. The van der Waals surface area contributed by atoms with Crippen molar-refractivity contribution in [3.63, 3.8) is 0 Å². The summed E-state index contributed by atoms with van der Waals surface area (Å²) in [5.41, 5.74) is 1.52. The maximum absolute atomic E-state index is 11.9. The Morgan fingerprint density at radius 2 is 1.84 bits per heavy atom. The first-order chi connectivity index (χ1) is 11.6. The summed E-state index contributed by atoms with van der Waals surface area (Å²) < 4.78 is 0. The molecule has 25 heavy (non-hydrogen) atoms. The first-order valence-electron chi connectivity index (χ1n) is 8.95. The number of nitrogens with one attached hydrogen (secondary N) is 1. The highest BCUT2D eigenvalue weighted by molar-refractivity contribution is 5.86. The second kappa shape index (κ2) is 7.46. The molecule has 1 heterocycles. The maximum atomic E-state index is 11.9. The number of carbonyl (C=O) groups is 1. The van der Waals surface area contributed by atoms with Crippen molar-refractivity contribution in [3.8, 4) is 0 Å². The monoisotopic (exact) mass is 344 g/mol. The number of hydrogen-bond donors (Lipinski definition) is 1. The summed E-state index contributed by atoms with van der Waals surface area (Å²) in [6.45, 7) is 10.9. The fourth-order valence-corrected chi connectivity index (χ4v) is 2.88. The Balaban J connectivity index is 2.05. The standard InChI is InChI=1S/C20H32N4O/c1-19(2)15-24(20(19,3)4)18(22-14-17(25)23(5)6)21-13-12-16-10-8-7-9-11-16/h7-11H,12-15H2,1-6H3,(H,21,22). The van der Waals surface area contributed by atoms with E-state index in [0.29, 0.717) is 0 Å². The summed E-state index contributed by atoms with van der Waals surface area (Å²) in [6, 6.07) is 10.4. The molecule has 0 radical (unpaired) electrons. The van der Waals surface area contributed by atoms with E-state index in [0.717, 1.165) is 25.5 Å². The summed E-state index contributed by atoms with van der Waals surface area (Å²) in [4.78, 5) is 20.4. The van der Waals surface area contributed by atoms with Gasteiger partial charge in [0.15, 0.2) is 5.96 Å². The lowest BCUT2D eigenvalue weighted by Crippen LogP contribution is -2.72.